The second kappa shape index (κ2) is 10.3. The number of nitrogens with one attached hydrogen (secondary N) is 1. The Morgan fingerprint density at radius 3 is 2.51 bits per heavy atom. The lowest BCUT2D eigenvalue weighted by molar-refractivity contribution is -0.115. The molecule has 1 fully saturated rings. The van der Waals surface area contributed by atoms with Gasteiger partial charge in [-0.2, -0.15) is 5.26 Å². The molecule has 1 unspecified atom stereocenters. The fourth-order valence-corrected chi connectivity index (χ4v) is 6.45. The molecule has 1 N–H and O–H groups in total. The van der Waals surface area contributed by atoms with Crippen LogP contribution in [0.15, 0.2) is 59.8 Å². The second-order valence-electron chi connectivity index (χ2n) is 9.28. The Balaban J connectivity index is 1.61. The number of rotatable bonds is 4. The molecule has 0 bridgehead atoms. The van der Waals surface area contributed by atoms with Gasteiger partial charge in [0.25, 0.3) is 0 Å². The summed E-state index contributed by atoms with van der Waals surface area (Å²) in [4.78, 5) is 43.4. The molecule has 8 nitrogen and oxygen atoms in total. The summed E-state index contributed by atoms with van der Waals surface area (Å²) in [6, 6.07) is 12.4. The lowest BCUT2D eigenvalue weighted by Gasteiger charge is -2.41. The molecular formula is C27H25FN4O4S. The van der Waals surface area contributed by atoms with E-state index >= 15 is 0 Å². The Morgan fingerprint density at radius 2 is 1.84 bits per heavy atom. The Morgan fingerprint density at radius 1 is 1.11 bits per heavy atom. The summed E-state index contributed by atoms with van der Waals surface area (Å²) in [7, 11) is -0.919. The first-order chi connectivity index (χ1) is 17.9. The lowest BCUT2D eigenvalue weighted by Crippen LogP contribution is -2.57. The number of allylic oxidation sites excluding steroid dienone is 1. The summed E-state index contributed by atoms with van der Waals surface area (Å²) in [6.45, 7) is -0.720. The zero-order valence-electron chi connectivity index (χ0n) is 20.0. The maximum atomic E-state index is 14.1. The second-order valence-corrected chi connectivity index (χ2v) is 11.0. The molecule has 0 saturated carbocycles. The summed E-state index contributed by atoms with van der Waals surface area (Å²) < 4.78 is 25.2. The van der Waals surface area contributed by atoms with Crippen LogP contribution in [0.25, 0.3) is 0 Å². The van der Waals surface area contributed by atoms with Crippen LogP contribution in [-0.2, 0) is 22.3 Å². The van der Waals surface area contributed by atoms with Gasteiger partial charge in [0.1, 0.15) is 6.67 Å². The summed E-state index contributed by atoms with van der Waals surface area (Å²) in [5.41, 5.74) is 2.54. The van der Waals surface area contributed by atoms with Gasteiger partial charge < -0.3 is 5.32 Å². The van der Waals surface area contributed by atoms with Crippen LogP contribution in [0.1, 0.15) is 48.4 Å². The molecule has 1 saturated heterocycles. The fraction of sp³-hybridized carbons (Fsp3) is 0.333. The van der Waals surface area contributed by atoms with Crippen molar-refractivity contribution in [1.82, 2.24) is 10.2 Å². The van der Waals surface area contributed by atoms with Gasteiger partial charge in [-0.3, -0.25) is 13.9 Å². The third-order valence-electron chi connectivity index (χ3n) is 7.01. The average Bonchev–Trinajstić information content (AvgIpc) is 3.29. The summed E-state index contributed by atoms with van der Waals surface area (Å²) >= 11 is 0. The molecule has 0 spiro atoms. The third kappa shape index (κ3) is 4.67. The van der Waals surface area contributed by atoms with Crippen molar-refractivity contribution in [3.63, 3.8) is 0 Å². The van der Waals surface area contributed by atoms with E-state index in [0.717, 1.165) is 4.90 Å². The summed E-state index contributed by atoms with van der Waals surface area (Å²) in [6.07, 6.45) is 1.55. The van der Waals surface area contributed by atoms with Crippen molar-refractivity contribution in [2.45, 2.75) is 44.4 Å². The van der Waals surface area contributed by atoms with E-state index in [1.54, 1.807) is 48.5 Å². The number of halogens is 1. The molecule has 2 aromatic rings. The number of amides is 4. The Hall–Kier alpha value is -3.84. The number of hydrogen-bond acceptors (Lipinski definition) is 5. The molecule has 190 valence electrons. The van der Waals surface area contributed by atoms with Gasteiger partial charge in [0.05, 0.1) is 23.4 Å². The largest absolute Gasteiger partial charge is 0.337 e. The number of hydrogen-bond donors (Lipinski definition) is 1. The molecule has 5 rings (SSSR count). The van der Waals surface area contributed by atoms with Crippen molar-refractivity contribution in [3.05, 3.63) is 76.5 Å². The highest BCUT2D eigenvalue weighted by Crippen LogP contribution is 2.45. The highest BCUT2D eigenvalue weighted by Gasteiger charge is 2.48. The molecule has 4 amide bonds. The fourth-order valence-electron chi connectivity index (χ4n) is 5.15. The van der Waals surface area contributed by atoms with E-state index in [0.29, 0.717) is 64.4 Å². The normalized spacial score (nSPS) is 23.6. The Kier molecular flexibility index (Phi) is 6.89. The standard InChI is InChI=1S/C27H25FN4O4S/c28-15-18-2-1-3-21(14-18)31-22-8-9-23(33)24(22)25(19-6-4-17(16-29)5-7-19)32(27(31)35)26(34)30-20-10-12-37(36)13-11-20/h1-7,14,20,25H,8-13,15H2,(H,30,34). The monoisotopic (exact) mass is 520 g/mol. The van der Waals surface area contributed by atoms with Crippen molar-refractivity contribution in [1.29, 1.82) is 5.26 Å². The van der Waals surface area contributed by atoms with Gasteiger partial charge in [0.2, 0.25) is 0 Å². The number of carbonyl (C=O) groups excluding carboxylic acids is 3. The van der Waals surface area contributed by atoms with Gasteiger partial charge in [0, 0.05) is 46.0 Å². The highest BCUT2D eigenvalue weighted by molar-refractivity contribution is 7.85. The maximum Gasteiger partial charge on any atom is 0.337 e. The SMILES string of the molecule is N#Cc1ccc(C2C3=C(CCC3=O)N(c3cccc(CF)c3)C(=O)N2C(=O)NC2CCS(=O)CC2)cc1. The van der Waals surface area contributed by atoms with E-state index in [1.165, 1.54) is 4.90 Å². The van der Waals surface area contributed by atoms with Gasteiger partial charge in [-0.15, -0.1) is 0 Å². The number of benzene rings is 2. The molecule has 37 heavy (non-hydrogen) atoms. The van der Waals surface area contributed by atoms with Gasteiger partial charge in [-0.1, -0.05) is 24.3 Å². The van der Waals surface area contributed by atoms with E-state index in [4.69, 9.17) is 0 Å². The molecule has 3 aliphatic rings. The quantitative estimate of drug-likeness (QED) is 0.648. The molecule has 10 heteroatoms. The number of nitrogens with zero attached hydrogens (tertiary/aromatic N) is 3. The number of carbonyl (C=O) groups is 3. The molecule has 2 heterocycles. The predicted molar refractivity (Wildman–Crippen MR) is 136 cm³/mol. The minimum atomic E-state index is -0.969. The van der Waals surface area contributed by atoms with Gasteiger partial charge in [-0.25, -0.2) is 18.9 Å². The van der Waals surface area contributed by atoms with Crippen molar-refractivity contribution < 1.29 is 23.0 Å². The number of alkyl halides is 1. The van der Waals surface area contributed by atoms with E-state index in [-0.39, 0.29) is 18.2 Å². The Labute approximate surface area is 216 Å². The maximum absolute atomic E-state index is 14.1. The van der Waals surface area contributed by atoms with Gasteiger partial charge in [0.15, 0.2) is 5.78 Å². The third-order valence-corrected chi connectivity index (χ3v) is 8.39. The van der Waals surface area contributed by atoms with Crippen LogP contribution < -0.4 is 10.2 Å². The smallest absolute Gasteiger partial charge is 0.335 e. The number of ketones is 1. The molecular weight excluding hydrogens is 495 g/mol. The predicted octanol–water partition coefficient (Wildman–Crippen LogP) is 4.25. The van der Waals surface area contributed by atoms with Crippen LogP contribution in [0.4, 0.5) is 19.7 Å². The lowest BCUT2D eigenvalue weighted by atomic mass is 9.92. The van der Waals surface area contributed by atoms with Gasteiger partial charge in [-0.05, 0) is 54.7 Å². The van der Waals surface area contributed by atoms with E-state index < -0.39 is 35.6 Å². The topological polar surface area (TPSA) is 111 Å². The molecule has 2 aliphatic heterocycles. The van der Waals surface area contributed by atoms with Crippen LogP contribution >= 0.6 is 0 Å². The van der Waals surface area contributed by atoms with E-state index in [2.05, 4.69) is 5.32 Å². The van der Waals surface area contributed by atoms with Crippen molar-refractivity contribution in [2.75, 3.05) is 16.4 Å². The first kappa shape index (κ1) is 24.8. The first-order valence-corrected chi connectivity index (χ1v) is 13.6. The summed E-state index contributed by atoms with van der Waals surface area (Å²) in [5.74, 6) is 0.760. The Bertz CT molecular complexity index is 1360. The van der Waals surface area contributed by atoms with E-state index in [1.807, 2.05) is 6.07 Å². The number of Topliss-reactive ketones (excluding diaryl/α,β-unsaturated/α-hetero) is 1. The molecule has 2 aromatic carbocycles. The molecule has 0 radical (unpaired) electrons. The van der Waals surface area contributed by atoms with Crippen LogP contribution in [-0.4, -0.2) is 44.5 Å². The first-order valence-electron chi connectivity index (χ1n) is 12.1. The van der Waals surface area contributed by atoms with Crippen LogP contribution in [0.5, 0.6) is 0 Å². The zero-order valence-corrected chi connectivity index (χ0v) is 20.8. The van der Waals surface area contributed by atoms with Crippen LogP contribution in [0.2, 0.25) is 0 Å². The molecule has 1 atom stereocenters. The minimum Gasteiger partial charge on any atom is -0.335 e. The minimum absolute atomic E-state index is 0.172. The molecule has 1 aliphatic carbocycles. The van der Waals surface area contributed by atoms with Crippen molar-refractivity contribution >= 4 is 34.3 Å². The van der Waals surface area contributed by atoms with Crippen molar-refractivity contribution in [3.8, 4) is 6.07 Å². The average molecular weight is 521 g/mol. The summed E-state index contributed by atoms with van der Waals surface area (Å²) in [5, 5.41) is 12.1. The van der Waals surface area contributed by atoms with Crippen LogP contribution in [0.3, 0.4) is 0 Å². The number of urea groups is 2. The van der Waals surface area contributed by atoms with Crippen LogP contribution in [0, 0.1) is 11.3 Å². The highest BCUT2D eigenvalue weighted by atomic mass is 32.2. The molecule has 0 aromatic heterocycles. The number of imide groups is 1. The van der Waals surface area contributed by atoms with Gasteiger partial charge >= 0.3 is 12.1 Å². The number of anilines is 1. The van der Waals surface area contributed by atoms with Crippen molar-refractivity contribution in [2.24, 2.45) is 0 Å². The zero-order chi connectivity index (χ0) is 26.1. The number of nitriles is 1. The van der Waals surface area contributed by atoms with E-state index in [9.17, 15) is 28.2 Å².